The number of ether oxygens (including phenoxy) is 4. The molecule has 3 aromatic rings. The number of hydrogen-bond acceptors (Lipinski definition) is 10. The number of carbonyl (C=O) groups is 3. The fraction of sp³-hybridized carbons (Fsp3) is 0.412. The van der Waals surface area contributed by atoms with Crippen LogP contribution >= 0.6 is 11.3 Å². The zero-order valence-electron chi connectivity index (χ0n) is 26.4. The number of methoxy groups -OCH3 is 1. The van der Waals surface area contributed by atoms with Crippen LogP contribution in [0.4, 0.5) is 5.13 Å². The molecule has 10 nitrogen and oxygen atoms in total. The van der Waals surface area contributed by atoms with Crippen LogP contribution in [0.5, 0.6) is 17.2 Å². The van der Waals surface area contributed by atoms with Crippen LogP contribution in [0.15, 0.2) is 48.0 Å². The van der Waals surface area contributed by atoms with Crippen LogP contribution in [-0.2, 0) is 14.3 Å². The number of aromatic nitrogens is 1. The predicted molar refractivity (Wildman–Crippen MR) is 172 cm³/mol. The molecule has 1 aliphatic rings. The van der Waals surface area contributed by atoms with E-state index in [1.165, 1.54) is 12.0 Å². The van der Waals surface area contributed by atoms with Crippen molar-refractivity contribution < 1.29 is 38.4 Å². The number of unbranched alkanes of at least 4 members (excludes halogenated alkanes) is 3. The molecule has 0 saturated carbocycles. The predicted octanol–water partition coefficient (Wildman–Crippen LogP) is 7.01. The first-order valence-electron chi connectivity index (χ1n) is 15.2. The summed E-state index contributed by atoms with van der Waals surface area (Å²) in [6.45, 7) is 8.69. The molecule has 1 amide bonds. The van der Waals surface area contributed by atoms with E-state index < -0.39 is 23.7 Å². The highest BCUT2D eigenvalue weighted by Gasteiger charge is 2.48. The molecule has 2 heterocycles. The molecule has 1 atom stereocenters. The Bertz CT molecular complexity index is 1560. The van der Waals surface area contributed by atoms with E-state index in [9.17, 15) is 19.5 Å². The third kappa shape index (κ3) is 7.47. The second-order valence-corrected chi connectivity index (χ2v) is 11.5. The normalized spacial score (nSPS) is 15.8. The van der Waals surface area contributed by atoms with Crippen molar-refractivity contribution in [3.8, 4) is 17.2 Å². The highest BCUT2D eigenvalue weighted by molar-refractivity contribution is 7.17. The number of aliphatic hydroxyl groups excluding tert-OH is 1. The summed E-state index contributed by atoms with van der Waals surface area (Å²) in [5, 5.41) is 11.8. The van der Waals surface area contributed by atoms with Crippen molar-refractivity contribution in [2.45, 2.75) is 65.8 Å². The lowest BCUT2D eigenvalue weighted by molar-refractivity contribution is -0.132. The Labute approximate surface area is 267 Å². The Kier molecular flexibility index (Phi) is 11.6. The van der Waals surface area contributed by atoms with Crippen molar-refractivity contribution in [2.24, 2.45) is 0 Å². The van der Waals surface area contributed by atoms with E-state index in [2.05, 4.69) is 18.8 Å². The number of anilines is 1. The first kappa shape index (κ1) is 33.5. The molecule has 1 saturated heterocycles. The Morgan fingerprint density at radius 1 is 0.978 bits per heavy atom. The number of aryl methyl sites for hydroxylation is 1. The maximum atomic E-state index is 13.7. The van der Waals surface area contributed by atoms with Gasteiger partial charge < -0.3 is 24.1 Å². The van der Waals surface area contributed by atoms with E-state index in [0.29, 0.717) is 47.3 Å². The topological polar surface area (TPSA) is 124 Å². The van der Waals surface area contributed by atoms with Gasteiger partial charge in [-0.05, 0) is 56.5 Å². The maximum Gasteiger partial charge on any atom is 0.350 e. The number of amides is 1. The van der Waals surface area contributed by atoms with Crippen LogP contribution in [0.2, 0.25) is 0 Å². The van der Waals surface area contributed by atoms with Crippen LogP contribution in [0.25, 0.3) is 5.76 Å². The number of hydrogen-bond donors (Lipinski definition) is 1. The molecule has 1 N–H and O–H groups in total. The summed E-state index contributed by atoms with van der Waals surface area (Å²) in [6.07, 6.45) is 4.79. The van der Waals surface area contributed by atoms with E-state index in [-0.39, 0.29) is 27.9 Å². The second kappa shape index (κ2) is 15.6. The van der Waals surface area contributed by atoms with Gasteiger partial charge in [0.2, 0.25) is 0 Å². The number of ketones is 1. The minimum Gasteiger partial charge on any atom is -0.507 e. The lowest BCUT2D eigenvalue weighted by Crippen LogP contribution is -2.29. The lowest BCUT2D eigenvalue weighted by atomic mass is 9.95. The molecule has 0 spiro atoms. The smallest absolute Gasteiger partial charge is 0.350 e. The third-order valence-electron chi connectivity index (χ3n) is 7.28. The van der Waals surface area contributed by atoms with E-state index in [1.807, 2.05) is 0 Å². The van der Waals surface area contributed by atoms with Crippen molar-refractivity contribution in [3.05, 3.63) is 69.7 Å². The largest absolute Gasteiger partial charge is 0.507 e. The standard InChI is InChI=1S/C34H40N2O8S/c1-6-9-11-18-44-25-16-15-22(20-26(25)41-5)28-27(29(37)23-13-12-14-24(19-23)43-17-10-7-2)30(38)32(39)36(28)34-35-21(4)31(45-34)33(40)42-8-3/h12-16,19-20,28,37H,6-11,17-18H2,1-5H3. The van der Waals surface area contributed by atoms with Gasteiger partial charge in [0, 0.05) is 5.56 Å². The van der Waals surface area contributed by atoms with E-state index in [4.69, 9.17) is 18.9 Å². The Morgan fingerprint density at radius 3 is 2.44 bits per heavy atom. The van der Waals surface area contributed by atoms with Crippen LogP contribution in [0.1, 0.15) is 85.4 Å². The van der Waals surface area contributed by atoms with Crippen LogP contribution in [0.3, 0.4) is 0 Å². The van der Waals surface area contributed by atoms with E-state index in [0.717, 1.165) is 43.4 Å². The summed E-state index contributed by atoms with van der Waals surface area (Å²) in [6, 6.07) is 10.8. The molecule has 45 heavy (non-hydrogen) atoms. The molecular formula is C34H40N2O8S. The zero-order valence-corrected chi connectivity index (χ0v) is 27.2. The van der Waals surface area contributed by atoms with Crippen molar-refractivity contribution in [1.29, 1.82) is 0 Å². The van der Waals surface area contributed by atoms with Gasteiger partial charge in [-0.25, -0.2) is 9.78 Å². The summed E-state index contributed by atoms with van der Waals surface area (Å²) in [4.78, 5) is 46.0. The fourth-order valence-electron chi connectivity index (χ4n) is 4.95. The van der Waals surface area contributed by atoms with Gasteiger partial charge in [-0.3, -0.25) is 14.5 Å². The van der Waals surface area contributed by atoms with Gasteiger partial charge in [-0.15, -0.1) is 0 Å². The minimum absolute atomic E-state index is 0.122. The Hall–Kier alpha value is -4.38. The summed E-state index contributed by atoms with van der Waals surface area (Å²) in [5.41, 5.74) is 1.03. The molecule has 0 aliphatic carbocycles. The van der Waals surface area contributed by atoms with Gasteiger partial charge in [0.1, 0.15) is 16.4 Å². The van der Waals surface area contributed by atoms with Crippen LogP contribution in [-0.4, -0.2) is 54.7 Å². The summed E-state index contributed by atoms with van der Waals surface area (Å²) >= 11 is 0.948. The monoisotopic (exact) mass is 636 g/mol. The van der Waals surface area contributed by atoms with Crippen molar-refractivity contribution in [2.75, 3.05) is 31.8 Å². The molecule has 0 radical (unpaired) electrons. The molecule has 2 aromatic carbocycles. The van der Waals surface area contributed by atoms with Gasteiger partial charge in [-0.1, -0.05) is 62.6 Å². The SMILES string of the molecule is CCCCCOc1ccc(C2C(=C(O)c3cccc(OCCCC)c3)C(=O)C(=O)N2c2nc(C)c(C(=O)OCC)s2)cc1OC. The van der Waals surface area contributed by atoms with Crippen LogP contribution in [0, 0.1) is 6.92 Å². The van der Waals surface area contributed by atoms with Gasteiger partial charge in [-0.2, -0.15) is 0 Å². The zero-order chi connectivity index (χ0) is 32.5. The summed E-state index contributed by atoms with van der Waals surface area (Å²) < 4.78 is 22.6. The quantitative estimate of drug-likeness (QED) is 0.0617. The number of rotatable bonds is 15. The number of carbonyl (C=O) groups excluding carboxylic acids is 3. The minimum atomic E-state index is -1.08. The second-order valence-electron chi connectivity index (χ2n) is 10.5. The first-order chi connectivity index (χ1) is 21.7. The first-order valence-corrected chi connectivity index (χ1v) is 16.1. The number of esters is 1. The number of thiazole rings is 1. The number of benzene rings is 2. The molecule has 240 valence electrons. The maximum absolute atomic E-state index is 13.7. The number of Topliss-reactive ketones (excluding diaryl/α,β-unsaturated/α-hetero) is 1. The average molecular weight is 637 g/mol. The average Bonchev–Trinajstić information content (AvgIpc) is 3.55. The molecule has 4 rings (SSSR count). The lowest BCUT2D eigenvalue weighted by Gasteiger charge is -2.24. The Morgan fingerprint density at radius 2 is 1.73 bits per heavy atom. The summed E-state index contributed by atoms with van der Waals surface area (Å²) in [5.74, 6) is -1.26. The van der Waals surface area contributed by atoms with E-state index in [1.54, 1.807) is 56.3 Å². The van der Waals surface area contributed by atoms with Gasteiger partial charge in [0.25, 0.3) is 5.78 Å². The highest BCUT2D eigenvalue weighted by atomic mass is 32.1. The fourth-order valence-corrected chi connectivity index (χ4v) is 5.93. The molecule has 1 unspecified atom stereocenters. The highest BCUT2D eigenvalue weighted by Crippen LogP contribution is 2.45. The Balaban J connectivity index is 1.85. The summed E-state index contributed by atoms with van der Waals surface area (Å²) in [7, 11) is 1.51. The van der Waals surface area contributed by atoms with Gasteiger partial charge in [0.15, 0.2) is 16.6 Å². The molecule has 1 aromatic heterocycles. The van der Waals surface area contributed by atoms with Crippen molar-refractivity contribution >= 4 is 39.9 Å². The molecule has 1 aliphatic heterocycles. The van der Waals surface area contributed by atoms with Gasteiger partial charge >= 0.3 is 11.9 Å². The molecule has 11 heteroatoms. The molecule has 1 fully saturated rings. The number of nitrogens with zero attached hydrogens (tertiary/aromatic N) is 2. The van der Waals surface area contributed by atoms with Crippen molar-refractivity contribution in [1.82, 2.24) is 4.98 Å². The molecule has 0 bridgehead atoms. The number of aliphatic hydroxyl groups is 1. The molecular weight excluding hydrogens is 596 g/mol. The van der Waals surface area contributed by atoms with Crippen molar-refractivity contribution in [3.63, 3.8) is 0 Å². The van der Waals surface area contributed by atoms with Crippen LogP contribution < -0.4 is 19.1 Å². The van der Waals surface area contributed by atoms with E-state index >= 15 is 0 Å². The van der Waals surface area contributed by atoms with Gasteiger partial charge in [0.05, 0.1) is 44.2 Å². The third-order valence-corrected chi connectivity index (χ3v) is 8.42.